The third-order valence-electron chi connectivity index (χ3n) is 3.96. The van der Waals surface area contributed by atoms with Crippen LogP contribution in [0.2, 0.25) is 0 Å². The molecule has 1 atom stereocenters. The van der Waals surface area contributed by atoms with Crippen LogP contribution in [-0.4, -0.2) is 41.4 Å². The lowest BCUT2D eigenvalue weighted by Gasteiger charge is -2.35. The van der Waals surface area contributed by atoms with Gasteiger partial charge in [-0.3, -0.25) is 14.6 Å². The summed E-state index contributed by atoms with van der Waals surface area (Å²) in [4.78, 5) is 30.3. The first kappa shape index (κ1) is 13.9. The van der Waals surface area contributed by atoms with Crippen molar-refractivity contribution in [1.82, 2.24) is 15.2 Å². The van der Waals surface area contributed by atoms with Crippen LogP contribution < -0.4 is 10.1 Å². The Bertz CT molecular complexity index is 584. The minimum Gasteiger partial charge on any atom is -0.497 e. The molecule has 1 saturated heterocycles. The lowest BCUT2D eigenvalue weighted by molar-refractivity contribution is -0.147. The van der Waals surface area contributed by atoms with Gasteiger partial charge >= 0.3 is 0 Å². The molecule has 1 unspecified atom stereocenters. The highest BCUT2D eigenvalue weighted by molar-refractivity contribution is 5.95. The van der Waals surface area contributed by atoms with Crippen LogP contribution in [0.5, 0.6) is 5.75 Å². The molecule has 112 valence electrons. The number of rotatable bonds is 4. The molecule has 21 heavy (non-hydrogen) atoms. The predicted molar refractivity (Wildman–Crippen MR) is 75.6 cm³/mol. The van der Waals surface area contributed by atoms with Crippen molar-refractivity contribution in [1.29, 1.82) is 0 Å². The lowest BCUT2D eigenvalue weighted by atomic mass is 10.1. The van der Waals surface area contributed by atoms with E-state index >= 15 is 0 Å². The molecule has 1 aliphatic heterocycles. The molecule has 1 aromatic rings. The summed E-state index contributed by atoms with van der Waals surface area (Å²) in [6, 6.07) is 3.31. The molecule has 2 fully saturated rings. The number of aryl methyl sites for hydroxylation is 1. The fourth-order valence-corrected chi connectivity index (χ4v) is 2.81. The molecule has 0 aromatic carbocycles. The number of aromatic nitrogens is 1. The van der Waals surface area contributed by atoms with E-state index in [0.29, 0.717) is 12.5 Å². The van der Waals surface area contributed by atoms with E-state index in [4.69, 9.17) is 4.74 Å². The molecule has 2 aliphatic rings. The van der Waals surface area contributed by atoms with Gasteiger partial charge in [0.25, 0.3) is 0 Å². The number of ether oxygens (including phenoxy) is 1. The summed E-state index contributed by atoms with van der Waals surface area (Å²) in [6.45, 7) is 2.31. The number of nitrogens with one attached hydrogen (secondary N) is 1. The number of carbonyl (C=O) groups excluding carboxylic acids is 2. The standard InChI is InChI=1S/C15H19N3O3/c1-9-5-12(21-2)6-11(17-9)8-18-13(19)7-16-15(20)14(18)10-3-4-10/h5-6,10,14H,3-4,7-8H2,1-2H3,(H,16,20). The van der Waals surface area contributed by atoms with E-state index in [1.165, 1.54) is 0 Å². The molecule has 0 radical (unpaired) electrons. The Morgan fingerprint density at radius 2 is 2.14 bits per heavy atom. The molecule has 6 nitrogen and oxygen atoms in total. The minimum atomic E-state index is -0.348. The smallest absolute Gasteiger partial charge is 0.243 e. The summed E-state index contributed by atoms with van der Waals surface area (Å²) >= 11 is 0. The second-order valence-electron chi connectivity index (χ2n) is 5.66. The molecular weight excluding hydrogens is 270 g/mol. The van der Waals surface area contributed by atoms with Crippen molar-refractivity contribution in [2.24, 2.45) is 5.92 Å². The van der Waals surface area contributed by atoms with Crippen LogP contribution >= 0.6 is 0 Å². The molecule has 2 heterocycles. The number of methoxy groups -OCH3 is 1. The summed E-state index contributed by atoms with van der Waals surface area (Å²) in [5.41, 5.74) is 1.58. The van der Waals surface area contributed by atoms with E-state index in [2.05, 4.69) is 10.3 Å². The fourth-order valence-electron chi connectivity index (χ4n) is 2.81. The number of hydrogen-bond acceptors (Lipinski definition) is 4. The van der Waals surface area contributed by atoms with Gasteiger partial charge in [-0.25, -0.2) is 0 Å². The average molecular weight is 289 g/mol. The molecule has 2 amide bonds. The second-order valence-corrected chi connectivity index (χ2v) is 5.66. The quantitative estimate of drug-likeness (QED) is 0.883. The number of hydrogen-bond donors (Lipinski definition) is 1. The Morgan fingerprint density at radius 1 is 1.38 bits per heavy atom. The number of amides is 2. The normalized spacial score (nSPS) is 22.2. The monoisotopic (exact) mass is 289 g/mol. The van der Waals surface area contributed by atoms with Crippen molar-refractivity contribution in [2.45, 2.75) is 32.4 Å². The van der Waals surface area contributed by atoms with E-state index in [-0.39, 0.29) is 24.4 Å². The van der Waals surface area contributed by atoms with Gasteiger partial charge in [0, 0.05) is 17.8 Å². The van der Waals surface area contributed by atoms with Gasteiger partial charge in [0.2, 0.25) is 11.8 Å². The molecular formula is C15H19N3O3. The van der Waals surface area contributed by atoms with Crippen LogP contribution in [0.15, 0.2) is 12.1 Å². The highest BCUT2D eigenvalue weighted by atomic mass is 16.5. The fraction of sp³-hybridized carbons (Fsp3) is 0.533. The zero-order valence-corrected chi connectivity index (χ0v) is 12.3. The van der Waals surface area contributed by atoms with E-state index in [1.807, 2.05) is 19.1 Å². The molecule has 1 N–H and O–H groups in total. The van der Waals surface area contributed by atoms with Gasteiger partial charge in [-0.05, 0) is 25.7 Å². The maximum Gasteiger partial charge on any atom is 0.243 e. The van der Waals surface area contributed by atoms with Gasteiger partial charge in [0.05, 0.1) is 25.9 Å². The molecule has 6 heteroatoms. The first-order chi connectivity index (χ1) is 10.1. The number of carbonyl (C=O) groups is 2. The first-order valence-electron chi connectivity index (χ1n) is 7.17. The van der Waals surface area contributed by atoms with Gasteiger partial charge in [0.1, 0.15) is 11.8 Å². The molecule has 3 rings (SSSR count). The van der Waals surface area contributed by atoms with Gasteiger partial charge in [-0.15, -0.1) is 0 Å². The van der Waals surface area contributed by atoms with Crippen LogP contribution in [0.25, 0.3) is 0 Å². The highest BCUT2D eigenvalue weighted by Crippen LogP contribution is 2.37. The first-order valence-corrected chi connectivity index (χ1v) is 7.17. The summed E-state index contributed by atoms with van der Waals surface area (Å²) < 4.78 is 5.24. The summed E-state index contributed by atoms with van der Waals surface area (Å²) in [7, 11) is 1.60. The van der Waals surface area contributed by atoms with Crippen LogP contribution in [0.3, 0.4) is 0 Å². The third-order valence-corrected chi connectivity index (χ3v) is 3.96. The van der Waals surface area contributed by atoms with Crippen molar-refractivity contribution < 1.29 is 14.3 Å². The van der Waals surface area contributed by atoms with Crippen LogP contribution in [0.4, 0.5) is 0 Å². The Labute approximate surface area is 123 Å². The van der Waals surface area contributed by atoms with E-state index in [9.17, 15) is 9.59 Å². The Hall–Kier alpha value is -2.11. The zero-order chi connectivity index (χ0) is 15.0. The van der Waals surface area contributed by atoms with Gasteiger partial charge in [0.15, 0.2) is 0 Å². The van der Waals surface area contributed by atoms with Crippen LogP contribution in [0.1, 0.15) is 24.2 Å². The molecule has 1 saturated carbocycles. The van der Waals surface area contributed by atoms with Crippen molar-refractivity contribution >= 4 is 11.8 Å². The summed E-state index contributed by atoms with van der Waals surface area (Å²) in [5.74, 6) is 0.917. The zero-order valence-electron chi connectivity index (χ0n) is 12.3. The maximum absolute atomic E-state index is 12.2. The van der Waals surface area contributed by atoms with E-state index in [0.717, 1.165) is 30.0 Å². The predicted octanol–water partition coefficient (Wildman–Crippen LogP) is 0.636. The van der Waals surface area contributed by atoms with E-state index in [1.54, 1.807) is 12.0 Å². The molecule has 0 spiro atoms. The van der Waals surface area contributed by atoms with Gasteiger partial charge < -0.3 is 15.0 Å². The van der Waals surface area contributed by atoms with Gasteiger partial charge in [-0.1, -0.05) is 0 Å². The number of nitrogens with zero attached hydrogens (tertiary/aromatic N) is 2. The number of piperazine rings is 1. The Balaban J connectivity index is 1.85. The molecule has 1 aromatic heterocycles. The van der Waals surface area contributed by atoms with Crippen molar-refractivity contribution in [3.8, 4) is 5.75 Å². The SMILES string of the molecule is COc1cc(C)nc(CN2C(=O)CNC(=O)C2C2CC2)c1. The molecule has 0 bridgehead atoms. The Kier molecular flexibility index (Phi) is 3.53. The summed E-state index contributed by atoms with van der Waals surface area (Å²) in [5, 5.41) is 2.68. The van der Waals surface area contributed by atoms with Crippen molar-refractivity contribution in [3.63, 3.8) is 0 Å². The Morgan fingerprint density at radius 3 is 2.81 bits per heavy atom. The van der Waals surface area contributed by atoms with Crippen LogP contribution in [0, 0.1) is 12.8 Å². The average Bonchev–Trinajstić information content (AvgIpc) is 3.27. The topological polar surface area (TPSA) is 71.5 Å². The van der Waals surface area contributed by atoms with Crippen molar-refractivity contribution in [3.05, 3.63) is 23.5 Å². The minimum absolute atomic E-state index is 0.0447. The largest absolute Gasteiger partial charge is 0.497 e. The number of pyridine rings is 1. The highest BCUT2D eigenvalue weighted by Gasteiger charge is 2.44. The molecule has 1 aliphatic carbocycles. The summed E-state index contributed by atoms with van der Waals surface area (Å²) in [6.07, 6.45) is 2.01. The lowest BCUT2D eigenvalue weighted by Crippen LogP contribution is -2.58. The van der Waals surface area contributed by atoms with Crippen molar-refractivity contribution in [2.75, 3.05) is 13.7 Å². The third kappa shape index (κ3) is 2.84. The second kappa shape index (κ2) is 5.35. The maximum atomic E-state index is 12.2. The van der Waals surface area contributed by atoms with Crippen LogP contribution in [-0.2, 0) is 16.1 Å². The van der Waals surface area contributed by atoms with E-state index < -0.39 is 0 Å². The van der Waals surface area contributed by atoms with Gasteiger partial charge in [-0.2, -0.15) is 0 Å².